The van der Waals surface area contributed by atoms with E-state index in [-0.39, 0.29) is 0 Å². The second-order valence-electron chi connectivity index (χ2n) is 11.1. The summed E-state index contributed by atoms with van der Waals surface area (Å²) in [5, 5.41) is 12.0. The van der Waals surface area contributed by atoms with E-state index in [0.717, 1.165) is 34.5 Å². The van der Waals surface area contributed by atoms with Crippen LogP contribution in [0.2, 0.25) is 6.82 Å². The van der Waals surface area contributed by atoms with E-state index >= 15 is 0 Å². The molecule has 2 heteroatoms. The molecule has 0 fully saturated rings. The van der Waals surface area contributed by atoms with Crippen molar-refractivity contribution in [2.75, 3.05) is 0 Å². The minimum Gasteiger partial charge on any atom is -0.457 e. The van der Waals surface area contributed by atoms with Gasteiger partial charge in [-0.15, -0.1) is 0 Å². The number of hydrogen-bond donors (Lipinski definition) is 0. The van der Waals surface area contributed by atoms with E-state index in [2.05, 4.69) is 147 Å². The average Bonchev–Trinajstić information content (AvgIpc) is 3.40. The van der Waals surface area contributed by atoms with Gasteiger partial charge in [-0.25, -0.2) is 0 Å². The highest BCUT2D eigenvalue weighted by Crippen LogP contribution is 2.43. The van der Waals surface area contributed by atoms with Crippen molar-refractivity contribution in [2.45, 2.75) is 6.82 Å². The summed E-state index contributed by atoms with van der Waals surface area (Å²) in [4.78, 5) is 0. The second kappa shape index (κ2) is 10.2. The van der Waals surface area contributed by atoms with Gasteiger partial charge in [0.15, 0.2) is 0 Å². The fraction of sp³-hybridized carbons (Fsp3) is 0.0244. The third-order valence-electron chi connectivity index (χ3n) is 8.71. The van der Waals surface area contributed by atoms with Crippen LogP contribution < -0.4 is 10.6 Å². The van der Waals surface area contributed by atoms with Crippen LogP contribution in [0.15, 0.2) is 144 Å². The van der Waals surface area contributed by atoms with E-state index < -0.39 is 0 Å². The van der Waals surface area contributed by atoms with Gasteiger partial charge in [-0.2, -0.15) is 0 Å². The average molecular weight is 548 g/mol. The van der Waals surface area contributed by atoms with Gasteiger partial charge in [0, 0.05) is 10.6 Å². The molecule has 8 rings (SSSR count). The monoisotopic (exact) mass is 548 g/mol. The number of hydrogen-bond acceptors (Lipinski definition) is 1. The predicted octanol–water partition coefficient (Wildman–Crippen LogP) is 9.32. The summed E-state index contributed by atoms with van der Waals surface area (Å²) in [6.07, 6.45) is 2.03. The summed E-state index contributed by atoms with van der Waals surface area (Å²) in [5.74, 6) is 2.19. The van der Waals surface area contributed by atoms with Crippen LogP contribution >= 0.6 is 0 Å². The van der Waals surface area contributed by atoms with Gasteiger partial charge in [0.05, 0.1) is 0 Å². The number of allylic oxidation sites excluding steroid dienone is 1. The van der Waals surface area contributed by atoms with E-state index in [0.29, 0.717) is 0 Å². The zero-order valence-electron chi connectivity index (χ0n) is 24.1. The molecule has 0 saturated carbocycles. The fourth-order valence-corrected chi connectivity index (χ4v) is 6.89. The van der Waals surface area contributed by atoms with Gasteiger partial charge >= 0.3 is 0 Å². The van der Waals surface area contributed by atoms with Gasteiger partial charge in [0.25, 0.3) is 0 Å². The Morgan fingerprint density at radius 2 is 1.16 bits per heavy atom. The highest BCUT2D eigenvalue weighted by atomic mass is 16.3. The normalized spacial score (nSPS) is 12.9. The second-order valence-corrected chi connectivity index (χ2v) is 11.1. The zero-order valence-corrected chi connectivity index (χ0v) is 24.1. The maximum atomic E-state index is 6.59. The van der Waals surface area contributed by atoms with Gasteiger partial charge < -0.3 is 4.42 Å². The van der Waals surface area contributed by atoms with Crippen molar-refractivity contribution < 1.29 is 4.42 Å². The Morgan fingerprint density at radius 1 is 0.605 bits per heavy atom. The molecule has 1 heterocycles. The van der Waals surface area contributed by atoms with E-state index in [1.54, 1.807) is 0 Å². The van der Waals surface area contributed by atoms with Crippen LogP contribution in [0.4, 0.5) is 0 Å². The van der Waals surface area contributed by atoms with Crippen molar-refractivity contribution in [1.29, 1.82) is 0 Å². The Hall–Kier alpha value is -5.34. The van der Waals surface area contributed by atoms with Gasteiger partial charge in [-0.1, -0.05) is 141 Å². The van der Waals surface area contributed by atoms with Crippen molar-refractivity contribution in [2.24, 2.45) is 0 Å². The fourth-order valence-electron chi connectivity index (χ4n) is 6.89. The minimum absolute atomic E-state index is 0.873. The van der Waals surface area contributed by atoms with Gasteiger partial charge in [-0.3, -0.25) is 0 Å². The molecule has 202 valence electrons. The molecule has 0 bridgehead atoms. The summed E-state index contributed by atoms with van der Waals surface area (Å²) in [6.45, 7) is 6.56. The van der Waals surface area contributed by atoms with E-state index in [9.17, 15) is 0 Å². The van der Waals surface area contributed by atoms with Crippen LogP contribution in [0.25, 0.3) is 76.7 Å². The summed E-state index contributed by atoms with van der Waals surface area (Å²) in [7, 11) is 0.873. The first-order chi connectivity index (χ1) is 21.3. The molecule has 0 aliphatic heterocycles. The predicted molar refractivity (Wildman–Crippen MR) is 188 cm³/mol. The van der Waals surface area contributed by atoms with E-state index in [1.165, 1.54) is 59.8 Å². The Kier molecular flexibility index (Phi) is 6.01. The SMILES string of the molecule is C=C/C(c1c2ccccc2c(-c2cccc3ccccc23)c2ccccc12)=c1\c(=C/BC)oc2cc3ccccc3cc12. The van der Waals surface area contributed by atoms with Gasteiger partial charge in [0.1, 0.15) is 18.3 Å². The molecule has 1 nitrogen and oxygen atoms in total. The molecular weight excluding hydrogens is 519 g/mol. The maximum absolute atomic E-state index is 6.59. The van der Waals surface area contributed by atoms with Gasteiger partial charge in [0.2, 0.25) is 0 Å². The Labute approximate surface area is 250 Å². The van der Waals surface area contributed by atoms with Crippen LogP contribution in [-0.4, -0.2) is 7.28 Å². The molecule has 0 unspecified atom stereocenters. The summed E-state index contributed by atoms with van der Waals surface area (Å²) >= 11 is 0. The molecule has 7 aromatic carbocycles. The van der Waals surface area contributed by atoms with Crippen molar-refractivity contribution in [3.63, 3.8) is 0 Å². The largest absolute Gasteiger partial charge is 0.457 e. The smallest absolute Gasteiger partial charge is 0.149 e. The number of rotatable bonds is 4. The number of benzene rings is 7. The summed E-state index contributed by atoms with van der Waals surface area (Å²) in [6, 6.07) is 45.9. The number of furan rings is 1. The molecule has 0 saturated heterocycles. The molecule has 0 atom stereocenters. The third-order valence-corrected chi connectivity index (χ3v) is 8.71. The maximum Gasteiger partial charge on any atom is 0.149 e. The first kappa shape index (κ1) is 25.4. The molecule has 0 radical (unpaired) electrons. The van der Waals surface area contributed by atoms with Crippen molar-refractivity contribution in [1.82, 2.24) is 0 Å². The Morgan fingerprint density at radius 3 is 1.81 bits per heavy atom. The Balaban J connectivity index is 1.60. The molecule has 8 aromatic rings. The lowest BCUT2D eigenvalue weighted by Gasteiger charge is -2.19. The lowest BCUT2D eigenvalue weighted by atomic mass is 9.81. The zero-order chi connectivity index (χ0) is 28.9. The molecule has 0 aliphatic carbocycles. The quantitative estimate of drug-likeness (QED) is 0.158. The molecule has 0 spiro atoms. The lowest BCUT2D eigenvalue weighted by molar-refractivity contribution is 0.576. The third kappa shape index (κ3) is 3.95. The molecule has 43 heavy (non-hydrogen) atoms. The Bertz CT molecular complexity index is 2450. The summed E-state index contributed by atoms with van der Waals surface area (Å²) < 4.78 is 6.59. The van der Waals surface area contributed by atoms with Gasteiger partial charge in [-0.05, 0) is 77.5 Å². The van der Waals surface area contributed by atoms with Crippen molar-refractivity contribution in [3.8, 4) is 11.1 Å². The topological polar surface area (TPSA) is 13.1 Å². The van der Waals surface area contributed by atoms with E-state index in [1.807, 2.05) is 6.08 Å². The standard InChI is InChI=1S/C41H29BO/c1-3-29(41-36-23-27-14-4-5-15-28(27)24-37(36)43-38(41)25-42-2)39-32-18-8-10-20-34(32)40(35-21-11-9-19-33(35)39)31-22-12-16-26-13-6-7-17-30(26)31/h3-25,42H,1H2,2H3/b38-25+,41-29+. The summed E-state index contributed by atoms with van der Waals surface area (Å²) in [5.41, 5.74) is 6.58. The van der Waals surface area contributed by atoms with Crippen LogP contribution in [0.3, 0.4) is 0 Å². The lowest BCUT2D eigenvalue weighted by Crippen LogP contribution is -2.24. The molecule has 0 amide bonds. The highest BCUT2D eigenvalue weighted by Gasteiger charge is 2.20. The molecule has 0 N–H and O–H groups in total. The molecule has 0 aliphatic rings. The van der Waals surface area contributed by atoms with Crippen molar-refractivity contribution in [3.05, 3.63) is 156 Å². The highest BCUT2D eigenvalue weighted by molar-refractivity contribution is 6.51. The number of fused-ring (bicyclic) bond motifs is 5. The molecule has 1 aromatic heterocycles. The first-order valence-electron chi connectivity index (χ1n) is 15.0. The van der Waals surface area contributed by atoms with Crippen molar-refractivity contribution >= 4 is 72.9 Å². The van der Waals surface area contributed by atoms with Crippen LogP contribution in [-0.2, 0) is 0 Å². The van der Waals surface area contributed by atoms with Crippen LogP contribution in [0, 0.1) is 0 Å². The van der Waals surface area contributed by atoms with E-state index in [4.69, 9.17) is 4.42 Å². The molecular formula is C41H29BO. The van der Waals surface area contributed by atoms with Crippen LogP contribution in [0.1, 0.15) is 5.56 Å². The van der Waals surface area contributed by atoms with Crippen LogP contribution in [0.5, 0.6) is 0 Å². The first-order valence-corrected chi connectivity index (χ1v) is 15.0. The minimum atomic E-state index is 0.873.